The van der Waals surface area contributed by atoms with Gasteiger partial charge in [0.2, 0.25) is 11.8 Å². The SMILES string of the molecule is CNC[C@H]1CCN(C(=O)[C@@H]2CC(=O)N(c3ccc(Br)c(C)c3)C2)C1. The van der Waals surface area contributed by atoms with Gasteiger partial charge in [-0.05, 0) is 56.6 Å². The summed E-state index contributed by atoms with van der Waals surface area (Å²) < 4.78 is 1.03. The fraction of sp³-hybridized carbons (Fsp3) is 0.556. The Morgan fingerprint density at radius 3 is 2.88 bits per heavy atom. The van der Waals surface area contributed by atoms with E-state index in [1.165, 1.54) is 0 Å². The fourth-order valence-electron chi connectivity index (χ4n) is 3.67. The van der Waals surface area contributed by atoms with E-state index < -0.39 is 0 Å². The molecule has 2 aliphatic rings. The monoisotopic (exact) mass is 393 g/mol. The fourth-order valence-corrected chi connectivity index (χ4v) is 3.91. The van der Waals surface area contributed by atoms with Crippen LogP contribution in [0.1, 0.15) is 18.4 Å². The quantitative estimate of drug-likeness (QED) is 0.852. The number of benzene rings is 1. The third-order valence-electron chi connectivity index (χ3n) is 5.02. The van der Waals surface area contributed by atoms with E-state index in [0.717, 1.165) is 41.8 Å². The molecule has 2 saturated heterocycles. The summed E-state index contributed by atoms with van der Waals surface area (Å²) in [4.78, 5) is 28.9. The second kappa shape index (κ2) is 7.23. The first-order valence-corrected chi connectivity index (χ1v) is 9.28. The maximum atomic E-state index is 12.8. The molecule has 2 fully saturated rings. The van der Waals surface area contributed by atoms with E-state index in [2.05, 4.69) is 21.2 Å². The molecule has 1 aromatic rings. The highest BCUT2D eigenvalue weighted by Gasteiger charge is 2.39. The summed E-state index contributed by atoms with van der Waals surface area (Å²) in [7, 11) is 1.94. The van der Waals surface area contributed by atoms with Gasteiger partial charge in [-0.25, -0.2) is 0 Å². The minimum atomic E-state index is -0.213. The molecule has 6 heteroatoms. The van der Waals surface area contributed by atoms with Crippen molar-refractivity contribution in [2.24, 2.45) is 11.8 Å². The third-order valence-corrected chi connectivity index (χ3v) is 5.91. The van der Waals surface area contributed by atoms with Crippen LogP contribution in [0.15, 0.2) is 22.7 Å². The van der Waals surface area contributed by atoms with Gasteiger partial charge in [-0.2, -0.15) is 0 Å². The van der Waals surface area contributed by atoms with Crippen molar-refractivity contribution in [1.29, 1.82) is 0 Å². The van der Waals surface area contributed by atoms with Crippen LogP contribution in [0, 0.1) is 18.8 Å². The maximum absolute atomic E-state index is 12.8. The second-order valence-corrected chi connectivity index (χ2v) is 7.69. The van der Waals surface area contributed by atoms with Crippen LogP contribution in [0.3, 0.4) is 0 Å². The lowest BCUT2D eigenvalue weighted by Gasteiger charge is -2.21. The lowest BCUT2D eigenvalue weighted by Crippen LogP contribution is -2.36. The Labute approximate surface area is 151 Å². The van der Waals surface area contributed by atoms with E-state index in [4.69, 9.17) is 0 Å². The van der Waals surface area contributed by atoms with Crippen molar-refractivity contribution in [3.05, 3.63) is 28.2 Å². The molecule has 0 bridgehead atoms. The molecule has 0 aliphatic carbocycles. The van der Waals surface area contributed by atoms with Crippen LogP contribution in [0.25, 0.3) is 0 Å². The average molecular weight is 394 g/mol. The molecule has 0 aromatic heterocycles. The molecule has 5 nitrogen and oxygen atoms in total. The zero-order chi connectivity index (χ0) is 17.3. The Balaban J connectivity index is 1.66. The summed E-state index contributed by atoms with van der Waals surface area (Å²) >= 11 is 3.48. The number of nitrogens with one attached hydrogen (secondary N) is 1. The smallest absolute Gasteiger partial charge is 0.228 e. The largest absolute Gasteiger partial charge is 0.342 e. The summed E-state index contributed by atoms with van der Waals surface area (Å²) in [5.41, 5.74) is 1.97. The molecular formula is C18H24BrN3O2. The Kier molecular flexibility index (Phi) is 5.25. The minimum absolute atomic E-state index is 0.0426. The number of carbonyl (C=O) groups is 2. The Hall–Kier alpha value is -1.40. The van der Waals surface area contributed by atoms with Crippen LogP contribution >= 0.6 is 15.9 Å². The van der Waals surface area contributed by atoms with Gasteiger partial charge in [0.25, 0.3) is 0 Å². The van der Waals surface area contributed by atoms with Crippen LogP contribution in [-0.2, 0) is 9.59 Å². The van der Waals surface area contributed by atoms with Gasteiger partial charge in [0.05, 0.1) is 5.92 Å². The molecule has 24 heavy (non-hydrogen) atoms. The highest BCUT2D eigenvalue weighted by atomic mass is 79.9. The van der Waals surface area contributed by atoms with Gasteiger partial charge in [-0.15, -0.1) is 0 Å². The number of rotatable bonds is 4. The van der Waals surface area contributed by atoms with Crippen molar-refractivity contribution in [3.8, 4) is 0 Å². The van der Waals surface area contributed by atoms with Crippen molar-refractivity contribution in [2.45, 2.75) is 19.8 Å². The van der Waals surface area contributed by atoms with Gasteiger partial charge in [0.15, 0.2) is 0 Å². The average Bonchev–Trinajstić information content (AvgIpc) is 3.17. The molecule has 2 aliphatic heterocycles. The minimum Gasteiger partial charge on any atom is -0.342 e. The molecule has 2 atom stereocenters. The van der Waals surface area contributed by atoms with E-state index in [-0.39, 0.29) is 17.7 Å². The first-order valence-electron chi connectivity index (χ1n) is 8.49. The topological polar surface area (TPSA) is 52.7 Å². The molecule has 3 rings (SSSR count). The molecule has 130 valence electrons. The molecule has 0 radical (unpaired) electrons. The number of amides is 2. The number of nitrogens with zero attached hydrogens (tertiary/aromatic N) is 2. The van der Waals surface area contributed by atoms with Gasteiger partial charge in [-0.1, -0.05) is 15.9 Å². The number of hydrogen-bond acceptors (Lipinski definition) is 3. The van der Waals surface area contributed by atoms with Gasteiger partial charge in [-0.3, -0.25) is 9.59 Å². The lowest BCUT2D eigenvalue weighted by molar-refractivity contribution is -0.134. The lowest BCUT2D eigenvalue weighted by atomic mass is 10.1. The predicted octanol–water partition coefficient (Wildman–Crippen LogP) is 2.18. The highest BCUT2D eigenvalue weighted by Crippen LogP contribution is 2.30. The van der Waals surface area contributed by atoms with Gasteiger partial charge >= 0.3 is 0 Å². The third kappa shape index (κ3) is 3.49. The molecule has 1 N–H and O–H groups in total. The number of halogens is 1. The highest BCUT2D eigenvalue weighted by molar-refractivity contribution is 9.10. The van der Waals surface area contributed by atoms with E-state index in [1.807, 2.05) is 37.1 Å². The second-order valence-electron chi connectivity index (χ2n) is 6.84. The van der Waals surface area contributed by atoms with Gasteiger partial charge < -0.3 is 15.1 Å². The maximum Gasteiger partial charge on any atom is 0.228 e. The normalized spacial score (nSPS) is 24.0. The van der Waals surface area contributed by atoms with Gasteiger partial charge in [0, 0.05) is 36.2 Å². The van der Waals surface area contributed by atoms with E-state index in [9.17, 15) is 9.59 Å². The van der Waals surface area contributed by atoms with Crippen LogP contribution in [0.5, 0.6) is 0 Å². The number of likely N-dealkylation sites (tertiary alicyclic amines) is 1. The molecule has 0 saturated carbocycles. The van der Waals surface area contributed by atoms with E-state index >= 15 is 0 Å². The Morgan fingerprint density at radius 1 is 1.38 bits per heavy atom. The standard InChI is InChI=1S/C18H24BrN3O2/c1-12-7-15(3-4-16(12)19)22-11-14(8-17(22)23)18(24)21-6-5-13(10-21)9-20-2/h3-4,7,13-14,20H,5-6,8-11H2,1-2H3/t13-,14-/m1/s1. The zero-order valence-electron chi connectivity index (χ0n) is 14.2. The molecule has 0 spiro atoms. The summed E-state index contributed by atoms with van der Waals surface area (Å²) in [5.74, 6) is 0.496. The zero-order valence-corrected chi connectivity index (χ0v) is 15.8. The van der Waals surface area contributed by atoms with Crippen molar-refractivity contribution >= 4 is 33.4 Å². The van der Waals surface area contributed by atoms with E-state index in [1.54, 1.807) is 4.90 Å². The Morgan fingerprint density at radius 2 is 2.17 bits per heavy atom. The van der Waals surface area contributed by atoms with Crippen LogP contribution in [0.2, 0.25) is 0 Å². The first-order chi connectivity index (χ1) is 11.5. The number of hydrogen-bond donors (Lipinski definition) is 1. The van der Waals surface area contributed by atoms with E-state index in [0.29, 0.717) is 18.9 Å². The Bertz CT molecular complexity index is 649. The van der Waals surface area contributed by atoms with Crippen molar-refractivity contribution in [1.82, 2.24) is 10.2 Å². The summed E-state index contributed by atoms with van der Waals surface area (Å²) in [6, 6.07) is 5.88. The molecule has 2 amide bonds. The van der Waals surface area contributed by atoms with Crippen molar-refractivity contribution < 1.29 is 9.59 Å². The number of carbonyl (C=O) groups excluding carboxylic acids is 2. The summed E-state index contributed by atoms with van der Waals surface area (Å²) in [6.07, 6.45) is 1.37. The van der Waals surface area contributed by atoms with Gasteiger partial charge in [0.1, 0.15) is 0 Å². The van der Waals surface area contributed by atoms with Crippen LogP contribution in [-0.4, -0.2) is 49.9 Å². The van der Waals surface area contributed by atoms with Crippen LogP contribution < -0.4 is 10.2 Å². The molecule has 2 heterocycles. The molecular weight excluding hydrogens is 370 g/mol. The van der Waals surface area contributed by atoms with Crippen LogP contribution in [0.4, 0.5) is 5.69 Å². The number of anilines is 1. The van der Waals surface area contributed by atoms with Crippen molar-refractivity contribution in [3.63, 3.8) is 0 Å². The number of aryl methyl sites for hydroxylation is 1. The molecule has 1 aromatic carbocycles. The summed E-state index contributed by atoms with van der Waals surface area (Å²) in [6.45, 7) is 5.06. The predicted molar refractivity (Wildman–Crippen MR) is 98.0 cm³/mol. The van der Waals surface area contributed by atoms with Crippen molar-refractivity contribution in [2.75, 3.05) is 38.1 Å². The molecule has 0 unspecified atom stereocenters. The summed E-state index contributed by atoms with van der Waals surface area (Å²) in [5, 5.41) is 3.18. The first kappa shape index (κ1) is 17.4.